The van der Waals surface area contributed by atoms with Gasteiger partial charge in [-0.1, -0.05) is 13.0 Å². The smallest absolute Gasteiger partial charge is 0.224 e. The molecule has 1 aromatic carbocycles. The Balaban J connectivity index is 1.47. The third-order valence-electron chi connectivity index (χ3n) is 5.77. The van der Waals surface area contributed by atoms with Gasteiger partial charge in [-0.25, -0.2) is 4.98 Å². The molecule has 2 aliphatic rings. The van der Waals surface area contributed by atoms with Gasteiger partial charge in [-0.3, -0.25) is 4.79 Å². The maximum absolute atomic E-state index is 12.4. The Kier molecular flexibility index (Phi) is 3.57. The van der Waals surface area contributed by atoms with Crippen molar-refractivity contribution in [2.24, 2.45) is 5.41 Å². The lowest BCUT2D eigenvalue weighted by Gasteiger charge is -2.31. The summed E-state index contributed by atoms with van der Waals surface area (Å²) in [6.45, 7) is 7.06. The molecule has 0 spiro atoms. The number of carbonyl (C=O) groups is 1. The maximum Gasteiger partial charge on any atom is 0.224 e. The Morgan fingerprint density at radius 2 is 2.04 bits per heavy atom. The second-order valence-corrected chi connectivity index (χ2v) is 9.00. The number of ether oxygens (including phenoxy) is 1. The van der Waals surface area contributed by atoms with E-state index in [0.717, 1.165) is 28.7 Å². The normalized spacial score (nSPS) is 19.2. The fourth-order valence-electron chi connectivity index (χ4n) is 3.73. The van der Waals surface area contributed by atoms with E-state index in [9.17, 15) is 4.79 Å². The topological polar surface area (TPSA) is 79.9 Å². The summed E-state index contributed by atoms with van der Waals surface area (Å²) in [4.78, 5) is 24.7. The summed E-state index contributed by atoms with van der Waals surface area (Å²) in [5, 5.41) is 4.29. The molecule has 2 aromatic heterocycles. The van der Waals surface area contributed by atoms with E-state index in [1.165, 1.54) is 12.8 Å². The molecule has 0 unspecified atom stereocenters. The number of fused-ring (bicyclic) bond motifs is 2. The monoisotopic (exact) mass is 376 g/mol. The van der Waals surface area contributed by atoms with E-state index in [0.29, 0.717) is 29.1 Å². The standard InChI is InChI=1S/C22H24N4O2/c1-21(2)9-17(27)14-5-4-13(8-18(14)28-21)15-10-23-19-16(15)11-24-20(26-19)25-12-22(3)6-7-22/h4-5,8,10-11H,6-7,9,12H2,1-3H3,(H2,23,24,25,26). The number of nitrogens with zero attached hydrogens (tertiary/aromatic N) is 2. The summed E-state index contributed by atoms with van der Waals surface area (Å²) in [6, 6.07) is 5.76. The molecule has 28 heavy (non-hydrogen) atoms. The van der Waals surface area contributed by atoms with Gasteiger partial charge in [-0.05, 0) is 49.8 Å². The van der Waals surface area contributed by atoms with Gasteiger partial charge in [0.2, 0.25) is 5.95 Å². The zero-order valence-corrected chi connectivity index (χ0v) is 16.4. The van der Waals surface area contributed by atoms with Crippen LogP contribution in [0.3, 0.4) is 0 Å². The van der Waals surface area contributed by atoms with Gasteiger partial charge >= 0.3 is 0 Å². The Morgan fingerprint density at radius 1 is 1.21 bits per heavy atom. The first-order chi connectivity index (χ1) is 13.3. The first-order valence-electron chi connectivity index (χ1n) is 9.77. The van der Waals surface area contributed by atoms with Crippen molar-refractivity contribution in [2.45, 2.75) is 45.6 Å². The minimum Gasteiger partial charge on any atom is -0.487 e. The molecule has 3 heterocycles. The number of H-pyrrole nitrogens is 1. The van der Waals surface area contributed by atoms with Crippen LogP contribution in [0, 0.1) is 5.41 Å². The largest absolute Gasteiger partial charge is 0.487 e. The number of benzene rings is 1. The molecule has 0 bridgehead atoms. The zero-order chi connectivity index (χ0) is 19.5. The van der Waals surface area contributed by atoms with E-state index in [4.69, 9.17) is 4.74 Å². The highest BCUT2D eigenvalue weighted by molar-refractivity contribution is 6.02. The van der Waals surface area contributed by atoms with Gasteiger partial charge < -0.3 is 15.0 Å². The minimum absolute atomic E-state index is 0.125. The van der Waals surface area contributed by atoms with Crippen molar-refractivity contribution in [3.8, 4) is 16.9 Å². The van der Waals surface area contributed by atoms with Crippen molar-refractivity contribution < 1.29 is 9.53 Å². The molecule has 0 radical (unpaired) electrons. The molecular formula is C22H24N4O2. The first kappa shape index (κ1) is 17.2. The number of anilines is 1. The highest BCUT2D eigenvalue weighted by atomic mass is 16.5. The predicted molar refractivity (Wildman–Crippen MR) is 109 cm³/mol. The molecule has 0 saturated heterocycles. The van der Waals surface area contributed by atoms with Gasteiger partial charge in [0.25, 0.3) is 0 Å². The second-order valence-electron chi connectivity index (χ2n) is 9.00. The molecular weight excluding hydrogens is 352 g/mol. The summed E-state index contributed by atoms with van der Waals surface area (Å²) in [7, 11) is 0. The number of nitrogens with one attached hydrogen (secondary N) is 2. The van der Waals surface area contributed by atoms with Crippen LogP contribution in [-0.2, 0) is 0 Å². The van der Waals surface area contributed by atoms with Crippen LogP contribution in [0.15, 0.2) is 30.6 Å². The average Bonchev–Trinajstić information content (AvgIpc) is 3.23. The molecule has 0 amide bonds. The number of aromatic nitrogens is 3. The lowest BCUT2D eigenvalue weighted by Crippen LogP contribution is -2.35. The van der Waals surface area contributed by atoms with Gasteiger partial charge in [-0.2, -0.15) is 4.98 Å². The van der Waals surface area contributed by atoms with E-state index in [1.54, 1.807) is 0 Å². The van der Waals surface area contributed by atoms with E-state index < -0.39 is 5.60 Å². The minimum atomic E-state index is -0.481. The van der Waals surface area contributed by atoms with Crippen LogP contribution in [0.4, 0.5) is 5.95 Å². The van der Waals surface area contributed by atoms with Crippen molar-refractivity contribution in [2.75, 3.05) is 11.9 Å². The van der Waals surface area contributed by atoms with Crippen LogP contribution in [0.2, 0.25) is 0 Å². The van der Waals surface area contributed by atoms with E-state index in [2.05, 4.69) is 27.2 Å². The van der Waals surface area contributed by atoms with Gasteiger partial charge in [0.05, 0.1) is 12.0 Å². The SMILES string of the molecule is CC1(CNc2ncc3c(-c4ccc5c(c4)OC(C)(C)CC5=O)c[nH]c3n2)CC1. The maximum atomic E-state index is 12.4. The number of rotatable bonds is 4. The Morgan fingerprint density at radius 3 is 2.82 bits per heavy atom. The highest BCUT2D eigenvalue weighted by Gasteiger charge is 2.37. The quantitative estimate of drug-likeness (QED) is 0.697. The number of Topliss-reactive ketones (excluding diaryl/α,β-unsaturated/α-hetero) is 1. The molecule has 0 atom stereocenters. The van der Waals surface area contributed by atoms with Gasteiger partial charge in [-0.15, -0.1) is 0 Å². The summed E-state index contributed by atoms with van der Waals surface area (Å²) >= 11 is 0. The zero-order valence-electron chi connectivity index (χ0n) is 16.4. The number of hydrogen-bond donors (Lipinski definition) is 2. The van der Waals surface area contributed by atoms with E-state index in [1.807, 2.05) is 44.4 Å². The highest BCUT2D eigenvalue weighted by Crippen LogP contribution is 2.44. The lowest BCUT2D eigenvalue weighted by molar-refractivity contribution is 0.0620. The van der Waals surface area contributed by atoms with Gasteiger partial charge in [0.15, 0.2) is 5.78 Å². The third kappa shape index (κ3) is 3.03. The van der Waals surface area contributed by atoms with Gasteiger partial charge in [0, 0.05) is 29.9 Å². The molecule has 1 fully saturated rings. The van der Waals surface area contributed by atoms with Crippen molar-refractivity contribution in [3.05, 3.63) is 36.2 Å². The summed E-state index contributed by atoms with van der Waals surface area (Å²) in [6.07, 6.45) is 6.70. The Bertz CT molecular complexity index is 1100. The molecule has 6 nitrogen and oxygen atoms in total. The molecule has 1 aliphatic heterocycles. The van der Waals surface area contributed by atoms with Crippen LogP contribution in [0.1, 0.15) is 50.4 Å². The Hall–Kier alpha value is -2.89. The van der Waals surface area contributed by atoms with Crippen molar-refractivity contribution in [3.63, 3.8) is 0 Å². The number of aromatic amines is 1. The average molecular weight is 376 g/mol. The van der Waals surface area contributed by atoms with Crippen molar-refractivity contribution in [1.29, 1.82) is 0 Å². The number of hydrogen-bond acceptors (Lipinski definition) is 5. The number of ketones is 1. The molecule has 144 valence electrons. The fourth-order valence-corrected chi connectivity index (χ4v) is 3.73. The summed E-state index contributed by atoms with van der Waals surface area (Å²) < 4.78 is 6.06. The predicted octanol–water partition coefficient (Wildman–Crippen LogP) is 4.58. The second kappa shape index (κ2) is 5.80. The molecule has 1 saturated carbocycles. The van der Waals surface area contributed by atoms with Crippen LogP contribution in [0.5, 0.6) is 5.75 Å². The third-order valence-corrected chi connectivity index (χ3v) is 5.77. The Labute approximate surface area is 163 Å². The van der Waals surface area contributed by atoms with Crippen molar-refractivity contribution >= 4 is 22.8 Å². The van der Waals surface area contributed by atoms with Crippen LogP contribution >= 0.6 is 0 Å². The van der Waals surface area contributed by atoms with E-state index >= 15 is 0 Å². The van der Waals surface area contributed by atoms with E-state index in [-0.39, 0.29) is 5.78 Å². The van der Waals surface area contributed by atoms with Crippen LogP contribution in [-0.4, -0.2) is 32.9 Å². The molecule has 6 heteroatoms. The lowest BCUT2D eigenvalue weighted by atomic mass is 9.91. The number of carbonyl (C=O) groups excluding carboxylic acids is 1. The van der Waals surface area contributed by atoms with Gasteiger partial charge in [0.1, 0.15) is 17.0 Å². The summed E-state index contributed by atoms with van der Waals surface area (Å²) in [5.41, 5.74) is 3.34. The van der Waals surface area contributed by atoms with Crippen molar-refractivity contribution in [1.82, 2.24) is 15.0 Å². The molecule has 5 rings (SSSR count). The molecule has 3 aromatic rings. The molecule has 1 aliphatic carbocycles. The molecule has 2 N–H and O–H groups in total. The summed E-state index contributed by atoms with van der Waals surface area (Å²) in [5.74, 6) is 1.42. The van der Waals surface area contributed by atoms with Crippen LogP contribution < -0.4 is 10.1 Å². The van der Waals surface area contributed by atoms with Crippen LogP contribution in [0.25, 0.3) is 22.2 Å². The fraction of sp³-hybridized carbons (Fsp3) is 0.409. The first-order valence-corrected chi connectivity index (χ1v) is 9.77.